The molecule has 4 unspecified atom stereocenters. The van der Waals surface area contributed by atoms with Crippen molar-refractivity contribution in [2.24, 2.45) is 17.2 Å². The van der Waals surface area contributed by atoms with E-state index in [1.807, 2.05) is 0 Å². The summed E-state index contributed by atoms with van der Waals surface area (Å²) in [6.07, 6.45) is -1.09. The zero-order valence-corrected chi connectivity index (χ0v) is 23.2. The van der Waals surface area contributed by atoms with Crippen LogP contribution >= 0.6 is 0 Å². The molecule has 2 aromatic carbocycles. The van der Waals surface area contributed by atoms with Crippen molar-refractivity contribution in [3.8, 4) is 11.5 Å². The van der Waals surface area contributed by atoms with Crippen molar-refractivity contribution in [2.75, 3.05) is 0 Å². The number of phenolic OH excluding ortho intramolecular Hbond substituents is 2. The van der Waals surface area contributed by atoms with E-state index in [2.05, 4.69) is 16.0 Å². The maximum Gasteiger partial charge on any atom is 0.326 e. The Morgan fingerprint density at radius 2 is 0.977 bits per heavy atom. The molecule has 232 valence electrons. The third kappa shape index (κ3) is 12.1. The van der Waals surface area contributed by atoms with Gasteiger partial charge in [0, 0.05) is 25.7 Å². The third-order valence-corrected chi connectivity index (χ3v) is 6.35. The number of nitrogens with two attached hydrogens (primary N) is 3. The van der Waals surface area contributed by atoms with Crippen LogP contribution in [-0.4, -0.2) is 75.0 Å². The van der Waals surface area contributed by atoms with Crippen LogP contribution in [0.1, 0.15) is 36.8 Å². The molecule has 12 N–H and O–H groups in total. The van der Waals surface area contributed by atoms with Crippen molar-refractivity contribution >= 4 is 35.5 Å². The summed E-state index contributed by atoms with van der Waals surface area (Å²) >= 11 is 0. The van der Waals surface area contributed by atoms with Crippen LogP contribution < -0.4 is 33.2 Å². The molecule has 4 atom stereocenters. The summed E-state index contributed by atoms with van der Waals surface area (Å²) < 4.78 is 0. The van der Waals surface area contributed by atoms with E-state index in [0.29, 0.717) is 11.1 Å². The summed E-state index contributed by atoms with van der Waals surface area (Å²) in [4.78, 5) is 73.6. The lowest BCUT2D eigenvalue weighted by molar-refractivity contribution is -0.142. The molecular weight excluding hydrogens is 564 g/mol. The quantitative estimate of drug-likeness (QED) is 0.0990. The van der Waals surface area contributed by atoms with Crippen LogP contribution in [0.4, 0.5) is 0 Å². The van der Waals surface area contributed by atoms with Gasteiger partial charge in [-0.05, 0) is 48.2 Å². The molecule has 0 aliphatic carbocycles. The van der Waals surface area contributed by atoms with Crippen molar-refractivity contribution in [2.45, 2.75) is 62.7 Å². The Balaban J connectivity index is 2.33. The number of phenols is 2. The summed E-state index contributed by atoms with van der Waals surface area (Å²) in [6, 6.07) is 6.18. The van der Waals surface area contributed by atoms with E-state index in [9.17, 15) is 44.1 Å². The highest BCUT2D eigenvalue weighted by molar-refractivity contribution is 5.94. The van der Waals surface area contributed by atoms with Crippen LogP contribution in [0.15, 0.2) is 48.5 Å². The minimum atomic E-state index is -1.49. The van der Waals surface area contributed by atoms with Crippen molar-refractivity contribution in [1.29, 1.82) is 0 Å². The first-order chi connectivity index (χ1) is 20.2. The fourth-order valence-electron chi connectivity index (χ4n) is 3.95. The molecule has 0 aliphatic heterocycles. The Morgan fingerprint density at radius 3 is 1.37 bits per heavy atom. The van der Waals surface area contributed by atoms with E-state index >= 15 is 0 Å². The Bertz CT molecular complexity index is 1300. The Hall–Kier alpha value is -5.18. The zero-order chi connectivity index (χ0) is 32.1. The predicted molar refractivity (Wildman–Crippen MR) is 152 cm³/mol. The summed E-state index contributed by atoms with van der Waals surface area (Å²) in [5.74, 6) is -5.43. The van der Waals surface area contributed by atoms with Crippen LogP contribution in [-0.2, 0) is 41.6 Å². The highest BCUT2D eigenvalue weighted by atomic mass is 16.4. The van der Waals surface area contributed by atoms with Gasteiger partial charge in [0.1, 0.15) is 29.6 Å². The second-order valence-corrected chi connectivity index (χ2v) is 9.88. The Morgan fingerprint density at radius 1 is 0.605 bits per heavy atom. The number of amides is 5. The lowest BCUT2D eigenvalue weighted by Crippen LogP contribution is -2.58. The van der Waals surface area contributed by atoms with Gasteiger partial charge in [-0.25, -0.2) is 4.79 Å². The van der Waals surface area contributed by atoms with Crippen LogP contribution in [0.3, 0.4) is 0 Å². The monoisotopic (exact) mass is 600 g/mol. The molecule has 2 rings (SSSR count). The van der Waals surface area contributed by atoms with Gasteiger partial charge in [-0.2, -0.15) is 0 Å². The molecule has 15 heteroatoms. The molecule has 0 radical (unpaired) electrons. The van der Waals surface area contributed by atoms with E-state index in [1.54, 1.807) is 0 Å². The smallest absolute Gasteiger partial charge is 0.326 e. The van der Waals surface area contributed by atoms with Gasteiger partial charge in [0.2, 0.25) is 29.5 Å². The molecule has 0 fully saturated rings. The van der Waals surface area contributed by atoms with Crippen LogP contribution in [0.25, 0.3) is 0 Å². The van der Waals surface area contributed by atoms with Crippen molar-refractivity contribution < 1.29 is 44.1 Å². The number of primary amides is 2. The van der Waals surface area contributed by atoms with Crippen LogP contribution in [0.2, 0.25) is 0 Å². The van der Waals surface area contributed by atoms with E-state index < -0.39 is 59.7 Å². The average molecular weight is 601 g/mol. The fraction of sp³-hybridized carbons (Fsp3) is 0.357. The Kier molecular flexibility index (Phi) is 12.9. The minimum Gasteiger partial charge on any atom is -0.508 e. The third-order valence-electron chi connectivity index (χ3n) is 6.35. The molecule has 2 aromatic rings. The molecule has 0 saturated carbocycles. The molecule has 0 bridgehead atoms. The highest BCUT2D eigenvalue weighted by Crippen LogP contribution is 2.14. The maximum atomic E-state index is 13.5. The summed E-state index contributed by atoms with van der Waals surface area (Å²) in [5, 5.41) is 36.1. The van der Waals surface area contributed by atoms with Crippen molar-refractivity contribution in [3.63, 3.8) is 0 Å². The number of rotatable bonds is 17. The van der Waals surface area contributed by atoms with Crippen molar-refractivity contribution in [1.82, 2.24) is 16.0 Å². The SMILES string of the molecule is NC(=O)CCC(N)C(=O)NC(Cc1ccc(O)cc1)C(=O)NC(Cc1ccc(O)cc1)C(=O)NC(CCC(N)=O)C(=O)O. The summed E-state index contributed by atoms with van der Waals surface area (Å²) in [5.41, 5.74) is 17.1. The Labute approximate surface area is 246 Å². The van der Waals surface area contributed by atoms with Gasteiger partial charge < -0.3 is 48.5 Å². The second-order valence-electron chi connectivity index (χ2n) is 9.88. The standard InChI is InChI=1S/C28H36N6O9/c29-19(9-11-23(30)37)25(39)33-21(13-15-1-5-17(35)6-2-15)27(41)34-22(14-16-3-7-18(36)8-4-16)26(40)32-20(28(42)43)10-12-24(31)38/h1-8,19-22,35-36H,9-14,29H2,(H2,30,37)(H2,31,38)(H,32,40)(H,33,39)(H,34,41)(H,42,43). The first-order valence-corrected chi connectivity index (χ1v) is 13.3. The molecule has 0 saturated heterocycles. The number of nitrogens with one attached hydrogen (secondary N) is 3. The number of carboxylic acids is 1. The molecule has 0 spiro atoms. The second kappa shape index (κ2) is 16.3. The summed E-state index contributed by atoms with van der Waals surface area (Å²) in [6.45, 7) is 0. The number of hydrogen-bond donors (Lipinski definition) is 9. The molecular formula is C28H36N6O9. The fourth-order valence-corrected chi connectivity index (χ4v) is 3.95. The minimum absolute atomic E-state index is 0.0304. The molecule has 15 nitrogen and oxygen atoms in total. The zero-order valence-electron chi connectivity index (χ0n) is 23.2. The highest BCUT2D eigenvalue weighted by Gasteiger charge is 2.31. The van der Waals surface area contributed by atoms with Gasteiger partial charge in [-0.15, -0.1) is 0 Å². The number of carboxylic acid groups (broad SMARTS) is 1. The number of carbonyl (C=O) groups excluding carboxylic acids is 5. The topological polar surface area (TPSA) is 277 Å². The van der Waals surface area contributed by atoms with E-state index in [0.717, 1.165) is 0 Å². The lowest BCUT2D eigenvalue weighted by atomic mass is 10.0. The van der Waals surface area contributed by atoms with Crippen LogP contribution in [0.5, 0.6) is 11.5 Å². The van der Waals surface area contributed by atoms with Gasteiger partial charge >= 0.3 is 5.97 Å². The van der Waals surface area contributed by atoms with Gasteiger partial charge in [-0.1, -0.05) is 24.3 Å². The first kappa shape index (κ1) is 34.0. The first-order valence-electron chi connectivity index (χ1n) is 13.3. The number of aliphatic carboxylic acids is 1. The van der Waals surface area contributed by atoms with Crippen LogP contribution in [0, 0.1) is 0 Å². The number of carbonyl (C=O) groups is 6. The van der Waals surface area contributed by atoms with Crippen molar-refractivity contribution in [3.05, 3.63) is 59.7 Å². The molecule has 43 heavy (non-hydrogen) atoms. The average Bonchev–Trinajstić information content (AvgIpc) is 2.94. The normalized spacial score (nSPS) is 13.5. The van der Waals surface area contributed by atoms with Gasteiger partial charge in [0.25, 0.3) is 0 Å². The summed E-state index contributed by atoms with van der Waals surface area (Å²) in [7, 11) is 0. The molecule has 0 heterocycles. The van der Waals surface area contributed by atoms with E-state index in [-0.39, 0.29) is 50.0 Å². The number of benzene rings is 2. The lowest BCUT2D eigenvalue weighted by Gasteiger charge is -2.25. The van der Waals surface area contributed by atoms with Gasteiger partial charge in [0.05, 0.1) is 6.04 Å². The molecule has 0 aromatic heterocycles. The van der Waals surface area contributed by atoms with E-state index in [4.69, 9.17) is 17.2 Å². The maximum absolute atomic E-state index is 13.5. The number of aromatic hydroxyl groups is 2. The molecule has 5 amide bonds. The van der Waals surface area contributed by atoms with Gasteiger partial charge in [0.15, 0.2) is 0 Å². The largest absolute Gasteiger partial charge is 0.508 e. The van der Waals surface area contributed by atoms with Gasteiger partial charge in [-0.3, -0.25) is 24.0 Å². The molecule has 0 aliphatic rings. The predicted octanol–water partition coefficient (Wildman–Crippen LogP) is -1.72. The number of hydrogen-bond acceptors (Lipinski definition) is 9. The van der Waals surface area contributed by atoms with E-state index in [1.165, 1.54) is 48.5 Å².